The van der Waals surface area contributed by atoms with Crippen molar-refractivity contribution < 1.29 is 66.9 Å². The number of carbonyl (C=O) groups excluding carboxylic acids is 1. The number of pyridine rings is 4. The molecule has 0 bridgehead atoms. The molecule has 7 aromatic rings. The molecule has 5 N–H and O–H groups in total. The van der Waals surface area contributed by atoms with E-state index in [1.54, 1.807) is 6.07 Å². The molecule has 69 heavy (non-hydrogen) atoms. The zero-order chi connectivity index (χ0) is 49.6. The molecule has 1 spiro atoms. The van der Waals surface area contributed by atoms with E-state index in [2.05, 4.69) is 35.5 Å². The van der Waals surface area contributed by atoms with Crippen LogP contribution in [-0.4, -0.2) is 67.1 Å². The van der Waals surface area contributed by atoms with Gasteiger partial charge in [0.15, 0.2) is 32.8 Å². The van der Waals surface area contributed by atoms with Crippen LogP contribution in [0.2, 0.25) is 0 Å². The summed E-state index contributed by atoms with van der Waals surface area (Å²) in [6, 6.07) is 8.94. The monoisotopic (exact) mass is 996 g/mol. The van der Waals surface area contributed by atoms with Gasteiger partial charge in [0.05, 0.1) is 66.6 Å². The maximum Gasteiger partial charge on any atom is 0.267 e. The minimum absolute atomic E-state index is 0.0462. The Labute approximate surface area is 385 Å². The number of rotatable bonds is 13. The van der Waals surface area contributed by atoms with E-state index in [0.29, 0.717) is 47.5 Å². The van der Waals surface area contributed by atoms with Gasteiger partial charge in [0.2, 0.25) is 27.7 Å². The van der Waals surface area contributed by atoms with Crippen LogP contribution in [0.1, 0.15) is 35.2 Å². The first-order valence-corrected chi connectivity index (χ1v) is 22.6. The van der Waals surface area contributed by atoms with E-state index >= 15 is 8.78 Å². The Bertz CT molecular complexity index is 3520. The fourth-order valence-electron chi connectivity index (χ4n) is 7.12. The zero-order valence-electron chi connectivity index (χ0n) is 35.2. The molecule has 0 radical (unpaired) electrons. The first kappa shape index (κ1) is 47.4. The molecule has 27 heteroatoms. The minimum Gasteiger partial charge on any atom is -0.487 e. The van der Waals surface area contributed by atoms with Crippen LogP contribution < -0.4 is 34.1 Å². The Balaban J connectivity index is 0.000000186. The van der Waals surface area contributed by atoms with E-state index in [4.69, 9.17) is 29.3 Å². The SMILES string of the molecule is COc1ncc(F)c(-c2ccc(F)c(COc3cnc4[nH]nc(C#N)c4c3)c2F)c1S(N)(=O)=O.COc1ncc(F)cc1S(=O)(=O)Nc1ccc(F)c(COc2cnc3c(c2)C2(CC2)C(=O)N3)c1F. The summed E-state index contributed by atoms with van der Waals surface area (Å²) in [5, 5.41) is 23.6. The van der Waals surface area contributed by atoms with Crippen molar-refractivity contribution in [2.24, 2.45) is 5.14 Å². The average Bonchev–Trinajstić information content (AvgIpc) is 3.96. The maximum atomic E-state index is 15.4. The second kappa shape index (κ2) is 18.2. The van der Waals surface area contributed by atoms with E-state index in [1.807, 2.05) is 10.8 Å². The van der Waals surface area contributed by atoms with Crippen molar-refractivity contribution in [2.45, 2.75) is 41.3 Å². The van der Waals surface area contributed by atoms with Crippen LogP contribution in [0.5, 0.6) is 23.3 Å². The summed E-state index contributed by atoms with van der Waals surface area (Å²) in [5.41, 5.74) is -2.73. The summed E-state index contributed by atoms with van der Waals surface area (Å²) in [4.78, 5) is 25.8. The standard InChI is InChI=1S/C22H17F3N4O5S.C20H13F3N6O4S/c1-33-20-17(6-11(23)8-27-20)35(31,32)29-16-3-2-15(24)13(18(16)25)10-34-12-7-14-19(26-9-12)28-21(30)22(14)4-5-22;1-32-20-18(34(25,30)31)16(14(22)7-27-20)10-2-3-13(21)12(17(10)23)8-33-9-4-11-15(5-24)28-29-19(11)26-6-9/h2-3,6-9,29H,4-5,10H2,1H3,(H,26,28,30);2-4,6-7H,8H2,1H3,(H2,25,30,31)(H,26,28,29). The molecule has 1 saturated carbocycles. The van der Waals surface area contributed by atoms with Crippen LogP contribution in [0.4, 0.5) is 37.8 Å². The van der Waals surface area contributed by atoms with Gasteiger partial charge in [-0.05, 0) is 49.2 Å². The molecule has 356 valence electrons. The molecule has 19 nitrogen and oxygen atoms in total. The van der Waals surface area contributed by atoms with E-state index in [0.717, 1.165) is 44.7 Å². The minimum atomic E-state index is -4.63. The van der Waals surface area contributed by atoms with Crippen LogP contribution in [0.15, 0.2) is 77.0 Å². The fraction of sp³-hybridized carbons (Fsp3) is 0.167. The van der Waals surface area contributed by atoms with Crippen molar-refractivity contribution in [2.75, 3.05) is 24.3 Å². The summed E-state index contributed by atoms with van der Waals surface area (Å²) >= 11 is 0. The van der Waals surface area contributed by atoms with Gasteiger partial charge in [-0.3, -0.25) is 14.6 Å². The lowest BCUT2D eigenvalue weighted by Gasteiger charge is -2.15. The summed E-state index contributed by atoms with van der Waals surface area (Å²) in [5.74, 6) is -7.11. The highest BCUT2D eigenvalue weighted by Gasteiger charge is 2.57. The predicted molar refractivity (Wildman–Crippen MR) is 226 cm³/mol. The number of H-pyrrole nitrogens is 1. The van der Waals surface area contributed by atoms with Crippen molar-refractivity contribution in [3.05, 3.63) is 125 Å². The van der Waals surface area contributed by atoms with Gasteiger partial charge in [-0.15, -0.1) is 0 Å². The molecule has 0 atom stereocenters. The lowest BCUT2D eigenvalue weighted by molar-refractivity contribution is -0.117. The van der Waals surface area contributed by atoms with Crippen molar-refractivity contribution in [1.82, 2.24) is 30.1 Å². The Morgan fingerprint density at radius 3 is 2.09 bits per heavy atom. The van der Waals surface area contributed by atoms with Crippen LogP contribution in [0.3, 0.4) is 0 Å². The highest BCUT2D eigenvalue weighted by molar-refractivity contribution is 7.92. The number of aromatic amines is 1. The maximum absolute atomic E-state index is 15.4. The normalized spacial score (nSPS) is 13.5. The molecule has 1 aliphatic carbocycles. The number of nitrogens with one attached hydrogen (secondary N) is 3. The average molecular weight is 997 g/mol. The molecule has 1 fully saturated rings. The highest BCUT2D eigenvalue weighted by atomic mass is 32.2. The van der Waals surface area contributed by atoms with Gasteiger partial charge in [-0.2, -0.15) is 10.4 Å². The molecule has 6 heterocycles. The number of benzene rings is 2. The number of anilines is 2. The number of hydrogen-bond donors (Lipinski definition) is 4. The number of nitrogens with zero attached hydrogens (tertiary/aromatic N) is 6. The third-order valence-electron chi connectivity index (χ3n) is 10.6. The van der Waals surface area contributed by atoms with Crippen LogP contribution in [0, 0.1) is 46.2 Å². The van der Waals surface area contributed by atoms with Crippen molar-refractivity contribution in [3.8, 4) is 40.5 Å². The van der Waals surface area contributed by atoms with Crippen molar-refractivity contribution >= 4 is 48.5 Å². The van der Waals surface area contributed by atoms with Gasteiger partial charge < -0.3 is 24.3 Å². The van der Waals surface area contributed by atoms with Crippen LogP contribution >= 0.6 is 0 Å². The number of ether oxygens (including phenoxy) is 4. The molecule has 2 aromatic carbocycles. The number of sulfonamides is 2. The van der Waals surface area contributed by atoms with E-state index in [1.165, 1.54) is 18.5 Å². The number of fused-ring (bicyclic) bond motifs is 3. The second-order valence-electron chi connectivity index (χ2n) is 14.8. The molecule has 2 aliphatic rings. The second-order valence-corrected chi connectivity index (χ2v) is 18.0. The van der Waals surface area contributed by atoms with E-state index in [9.17, 15) is 39.2 Å². The third kappa shape index (κ3) is 9.06. The first-order valence-electron chi connectivity index (χ1n) is 19.5. The van der Waals surface area contributed by atoms with Gasteiger partial charge in [0, 0.05) is 22.8 Å². The number of aromatic nitrogens is 6. The Hall–Kier alpha value is -8.09. The number of nitrogens with two attached hydrogens (primary N) is 1. The lowest BCUT2D eigenvalue weighted by atomic mass is 10.00. The van der Waals surface area contributed by atoms with Crippen LogP contribution in [-0.2, 0) is 43.5 Å². The van der Waals surface area contributed by atoms with Gasteiger partial charge in [0.1, 0.15) is 59.9 Å². The van der Waals surface area contributed by atoms with Crippen LogP contribution in [0.25, 0.3) is 22.2 Å². The number of carbonyl (C=O) groups is 1. The summed E-state index contributed by atoms with van der Waals surface area (Å²) in [6.07, 6.45) is 5.29. The number of methoxy groups -OCH3 is 2. The molecule has 1 amide bonds. The predicted octanol–water partition coefficient (Wildman–Crippen LogP) is 5.81. The quantitative estimate of drug-likeness (QED) is 0.0993. The molecule has 1 aliphatic heterocycles. The molecular weight excluding hydrogens is 967 g/mol. The Kier molecular flexibility index (Phi) is 12.5. The first-order chi connectivity index (χ1) is 32.8. The number of halogens is 6. The Morgan fingerprint density at radius 1 is 0.797 bits per heavy atom. The van der Waals surface area contributed by atoms with Gasteiger partial charge in [-0.25, -0.2) is 68.3 Å². The summed E-state index contributed by atoms with van der Waals surface area (Å²) < 4.78 is 160. The molecule has 5 aromatic heterocycles. The topological polar surface area (TPSA) is 276 Å². The molecular formula is C42H30F6N10O9S2. The molecule has 9 rings (SSSR count). The van der Waals surface area contributed by atoms with Crippen molar-refractivity contribution in [1.29, 1.82) is 5.26 Å². The lowest BCUT2D eigenvalue weighted by Crippen LogP contribution is -2.18. The summed E-state index contributed by atoms with van der Waals surface area (Å²) in [6.45, 7) is -1.26. The van der Waals surface area contributed by atoms with Gasteiger partial charge in [-0.1, -0.05) is 0 Å². The number of primary sulfonamides is 1. The number of amides is 1. The fourth-order valence-corrected chi connectivity index (χ4v) is 9.18. The van der Waals surface area contributed by atoms with Crippen molar-refractivity contribution in [3.63, 3.8) is 0 Å². The number of nitriles is 1. The summed E-state index contributed by atoms with van der Waals surface area (Å²) in [7, 11) is -6.96. The molecule has 0 unspecified atom stereocenters. The Morgan fingerprint density at radius 2 is 1.43 bits per heavy atom. The van der Waals surface area contributed by atoms with E-state index < -0.39 is 123 Å². The number of hydrogen-bond acceptors (Lipinski definition) is 15. The zero-order valence-corrected chi connectivity index (χ0v) is 36.8. The van der Waals surface area contributed by atoms with Gasteiger partial charge in [0.25, 0.3) is 10.0 Å². The molecule has 0 saturated heterocycles. The van der Waals surface area contributed by atoms with Gasteiger partial charge >= 0.3 is 0 Å². The largest absolute Gasteiger partial charge is 0.487 e. The third-order valence-corrected chi connectivity index (χ3v) is 13.0. The highest BCUT2D eigenvalue weighted by Crippen LogP contribution is 2.55. The van der Waals surface area contributed by atoms with E-state index in [-0.39, 0.29) is 23.1 Å². The smallest absolute Gasteiger partial charge is 0.267 e.